The minimum absolute atomic E-state index is 0.0917. The Hall–Kier alpha value is -2.29. The van der Waals surface area contributed by atoms with Crippen molar-refractivity contribution in [3.8, 4) is 0 Å². The van der Waals surface area contributed by atoms with Crippen molar-refractivity contribution in [1.29, 1.82) is 0 Å². The molecule has 2 aliphatic rings. The van der Waals surface area contributed by atoms with Crippen LogP contribution in [0.4, 0.5) is 18.0 Å². The average molecular weight is 399 g/mol. The molecule has 0 unspecified atom stereocenters. The molecule has 2 atom stereocenters. The minimum atomic E-state index is -4.35. The Labute approximate surface area is 161 Å². The second-order valence-corrected chi connectivity index (χ2v) is 7.31. The number of halogens is 3. The summed E-state index contributed by atoms with van der Waals surface area (Å²) in [6, 6.07) is 6.57. The van der Waals surface area contributed by atoms with Crippen LogP contribution in [0.15, 0.2) is 24.3 Å². The molecule has 3 rings (SSSR count). The second kappa shape index (κ2) is 8.38. The molecule has 2 heterocycles. The average Bonchev–Trinajstić information content (AvgIpc) is 2.93. The number of alkyl halides is 3. The number of benzene rings is 1. The van der Waals surface area contributed by atoms with Crippen LogP contribution in [-0.2, 0) is 22.7 Å². The van der Waals surface area contributed by atoms with Gasteiger partial charge < -0.3 is 19.9 Å². The van der Waals surface area contributed by atoms with E-state index in [9.17, 15) is 22.8 Å². The van der Waals surface area contributed by atoms with Crippen molar-refractivity contribution in [3.05, 3.63) is 35.4 Å². The number of piperidine rings is 1. The van der Waals surface area contributed by atoms with Gasteiger partial charge in [-0.1, -0.05) is 24.3 Å². The van der Waals surface area contributed by atoms with E-state index >= 15 is 0 Å². The predicted molar refractivity (Wildman–Crippen MR) is 95.2 cm³/mol. The zero-order valence-electron chi connectivity index (χ0n) is 15.7. The van der Waals surface area contributed by atoms with E-state index in [1.54, 1.807) is 41.1 Å². The molecule has 9 heteroatoms. The molecule has 2 aliphatic heterocycles. The van der Waals surface area contributed by atoms with E-state index in [0.717, 1.165) is 18.4 Å². The number of fused-ring (bicyclic) bond motifs is 1. The summed E-state index contributed by atoms with van der Waals surface area (Å²) in [7, 11) is 1.75. The fourth-order valence-electron chi connectivity index (χ4n) is 3.87. The molecule has 0 aromatic heterocycles. The van der Waals surface area contributed by atoms with Crippen LogP contribution >= 0.6 is 0 Å². The molecule has 1 aromatic rings. The standard InChI is InChI=1S/C19H24F3N3O3/c1-24-10-16-15(17(24)26)6-3-7-25(16)18(27)23-9-13-4-2-5-14(8-13)11-28-12-19(20,21)22/h2,4-5,8,15-16H,3,6-7,9-12H2,1H3,(H,23,27)/t15-,16-/m1/s1. The maximum Gasteiger partial charge on any atom is 0.411 e. The Morgan fingerprint density at radius 2 is 2.07 bits per heavy atom. The molecule has 2 saturated heterocycles. The highest BCUT2D eigenvalue weighted by atomic mass is 19.4. The number of likely N-dealkylation sites (tertiary alicyclic amines) is 2. The highest BCUT2D eigenvalue weighted by molar-refractivity contribution is 5.84. The zero-order chi connectivity index (χ0) is 20.3. The van der Waals surface area contributed by atoms with Crippen LogP contribution < -0.4 is 5.32 Å². The molecule has 6 nitrogen and oxygen atoms in total. The monoisotopic (exact) mass is 399 g/mol. The first-order valence-electron chi connectivity index (χ1n) is 9.26. The van der Waals surface area contributed by atoms with Crippen LogP contribution in [-0.4, -0.2) is 60.7 Å². The van der Waals surface area contributed by atoms with Gasteiger partial charge in [-0.25, -0.2) is 4.79 Å². The van der Waals surface area contributed by atoms with Crippen LogP contribution in [0.3, 0.4) is 0 Å². The third kappa shape index (κ3) is 4.95. The number of nitrogens with zero attached hydrogens (tertiary/aromatic N) is 2. The molecule has 1 N–H and O–H groups in total. The lowest BCUT2D eigenvalue weighted by atomic mass is 9.92. The van der Waals surface area contributed by atoms with E-state index in [1.807, 2.05) is 0 Å². The summed E-state index contributed by atoms with van der Waals surface area (Å²) in [6.07, 6.45) is -2.76. The fraction of sp³-hybridized carbons (Fsp3) is 0.579. The van der Waals surface area contributed by atoms with Crippen molar-refractivity contribution in [1.82, 2.24) is 15.1 Å². The number of rotatable bonds is 5. The Bertz CT molecular complexity index is 726. The Morgan fingerprint density at radius 3 is 2.82 bits per heavy atom. The van der Waals surface area contributed by atoms with Crippen molar-refractivity contribution in [2.75, 3.05) is 26.7 Å². The van der Waals surface area contributed by atoms with Crippen molar-refractivity contribution in [2.24, 2.45) is 5.92 Å². The largest absolute Gasteiger partial charge is 0.411 e. The lowest BCUT2D eigenvalue weighted by Gasteiger charge is -2.35. The topological polar surface area (TPSA) is 61.9 Å². The lowest BCUT2D eigenvalue weighted by Crippen LogP contribution is -2.52. The third-order valence-corrected chi connectivity index (χ3v) is 5.16. The Kier molecular flexibility index (Phi) is 6.12. The van der Waals surface area contributed by atoms with Crippen molar-refractivity contribution < 1.29 is 27.5 Å². The highest BCUT2D eigenvalue weighted by Crippen LogP contribution is 2.30. The van der Waals surface area contributed by atoms with Crippen LogP contribution in [0.5, 0.6) is 0 Å². The minimum Gasteiger partial charge on any atom is -0.367 e. The molecular weight excluding hydrogens is 375 g/mol. The second-order valence-electron chi connectivity index (χ2n) is 7.31. The van der Waals surface area contributed by atoms with Gasteiger partial charge in [-0.3, -0.25) is 4.79 Å². The SMILES string of the molecule is CN1C[C@@H]2[C@@H](CCCN2C(=O)NCc2cccc(COCC(F)(F)F)c2)C1=O. The van der Waals surface area contributed by atoms with Gasteiger partial charge >= 0.3 is 12.2 Å². The van der Waals surface area contributed by atoms with Gasteiger partial charge in [-0.05, 0) is 24.0 Å². The molecule has 0 bridgehead atoms. The number of nitrogens with one attached hydrogen (secondary N) is 1. The number of carbonyl (C=O) groups excluding carboxylic acids is 2. The Morgan fingerprint density at radius 1 is 1.32 bits per heavy atom. The van der Waals surface area contributed by atoms with Gasteiger partial charge in [0.25, 0.3) is 0 Å². The van der Waals surface area contributed by atoms with Gasteiger partial charge in [0.05, 0.1) is 18.6 Å². The van der Waals surface area contributed by atoms with E-state index in [-0.39, 0.29) is 37.0 Å². The summed E-state index contributed by atoms with van der Waals surface area (Å²) in [4.78, 5) is 28.2. The van der Waals surface area contributed by atoms with Gasteiger partial charge in [0.15, 0.2) is 0 Å². The summed E-state index contributed by atoms with van der Waals surface area (Å²) in [5.41, 5.74) is 1.38. The number of carbonyl (C=O) groups is 2. The first kappa shape index (κ1) is 20.4. The van der Waals surface area contributed by atoms with Crippen LogP contribution in [0.1, 0.15) is 24.0 Å². The first-order valence-corrected chi connectivity index (χ1v) is 9.26. The molecule has 0 spiro atoms. The highest BCUT2D eigenvalue weighted by Gasteiger charge is 2.45. The van der Waals surface area contributed by atoms with Crippen LogP contribution in [0.2, 0.25) is 0 Å². The van der Waals surface area contributed by atoms with Gasteiger partial charge in [-0.2, -0.15) is 13.2 Å². The fourth-order valence-corrected chi connectivity index (χ4v) is 3.87. The van der Waals surface area contributed by atoms with Gasteiger partial charge in [-0.15, -0.1) is 0 Å². The summed E-state index contributed by atoms with van der Waals surface area (Å²) in [6.45, 7) is -0.0315. The number of ether oxygens (including phenoxy) is 1. The molecule has 0 aliphatic carbocycles. The smallest absolute Gasteiger partial charge is 0.367 e. The van der Waals surface area contributed by atoms with Gasteiger partial charge in [0, 0.05) is 26.7 Å². The predicted octanol–water partition coefficient (Wildman–Crippen LogP) is 2.53. The normalized spacial score (nSPS) is 22.4. The number of amides is 3. The molecule has 154 valence electrons. The summed E-state index contributed by atoms with van der Waals surface area (Å²) < 4.78 is 41.2. The van der Waals surface area contributed by atoms with E-state index in [2.05, 4.69) is 10.1 Å². The number of urea groups is 1. The molecule has 28 heavy (non-hydrogen) atoms. The maximum atomic E-state index is 12.6. The summed E-state index contributed by atoms with van der Waals surface area (Å²) in [5.74, 6) is -0.0346. The van der Waals surface area contributed by atoms with E-state index in [1.165, 1.54) is 0 Å². The van der Waals surface area contributed by atoms with Crippen molar-refractivity contribution in [3.63, 3.8) is 0 Å². The Balaban J connectivity index is 1.53. The molecule has 2 fully saturated rings. The van der Waals surface area contributed by atoms with E-state index < -0.39 is 12.8 Å². The van der Waals surface area contributed by atoms with E-state index in [4.69, 9.17) is 0 Å². The molecule has 1 aromatic carbocycles. The van der Waals surface area contributed by atoms with Gasteiger partial charge in [0.2, 0.25) is 5.91 Å². The quantitative estimate of drug-likeness (QED) is 0.828. The van der Waals surface area contributed by atoms with E-state index in [0.29, 0.717) is 18.7 Å². The number of likely N-dealkylation sites (N-methyl/N-ethyl adjacent to an activating group) is 1. The summed E-state index contributed by atoms with van der Waals surface area (Å²) >= 11 is 0. The van der Waals surface area contributed by atoms with Gasteiger partial charge in [0.1, 0.15) is 6.61 Å². The molecule has 3 amide bonds. The molecular formula is C19H24F3N3O3. The van der Waals surface area contributed by atoms with Crippen LogP contribution in [0.25, 0.3) is 0 Å². The molecule has 0 saturated carbocycles. The maximum absolute atomic E-state index is 12.6. The van der Waals surface area contributed by atoms with Crippen molar-refractivity contribution in [2.45, 2.75) is 38.2 Å². The summed E-state index contributed by atoms with van der Waals surface area (Å²) in [5, 5.41) is 2.85. The number of hydrogen-bond donors (Lipinski definition) is 1. The van der Waals surface area contributed by atoms with Crippen LogP contribution in [0, 0.1) is 5.92 Å². The molecule has 0 radical (unpaired) electrons. The lowest BCUT2D eigenvalue weighted by molar-refractivity contribution is -0.176. The number of hydrogen-bond acceptors (Lipinski definition) is 3. The zero-order valence-corrected chi connectivity index (χ0v) is 15.7. The third-order valence-electron chi connectivity index (χ3n) is 5.16. The first-order chi connectivity index (χ1) is 13.2. The van der Waals surface area contributed by atoms with Crippen molar-refractivity contribution >= 4 is 11.9 Å².